The van der Waals surface area contributed by atoms with Crippen molar-refractivity contribution in [2.75, 3.05) is 0 Å². The number of primary sulfonamides is 1. The molecule has 1 aromatic carbocycles. The lowest BCUT2D eigenvalue weighted by Gasteiger charge is -2.28. The topological polar surface area (TPSA) is 139 Å². The first-order valence-corrected chi connectivity index (χ1v) is 9.02. The van der Waals surface area contributed by atoms with Crippen molar-refractivity contribution in [1.82, 2.24) is 5.32 Å². The van der Waals surface area contributed by atoms with Gasteiger partial charge in [-0.25, -0.2) is 18.4 Å². The number of benzene rings is 1. The first kappa shape index (κ1) is 20.6. The molecule has 2 atom stereocenters. The molecule has 1 amide bonds. The molecule has 9 heteroatoms. The van der Waals surface area contributed by atoms with Gasteiger partial charge in [0.2, 0.25) is 10.0 Å². The fraction of sp³-hybridized carbons (Fsp3) is 0.438. The third kappa shape index (κ3) is 5.27. The number of rotatable bonds is 6. The van der Waals surface area contributed by atoms with E-state index in [1.807, 2.05) is 6.07 Å². The summed E-state index contributed by atoms with van der Waals surface area (Å²) in [6, 6.07) is 6.84. The molecule has 2 unspecified atom stereocenters. The Kier molecular flexibility index (Phi) is 6.29. The van der Waals surface area contributed by atoms with Gasteiger partial charge in [-0.2, -0.15) is 5.26 Å². The van der Waals surface area contributed by atoms with E-state index in [-0.39, 0.29) is 16.4 Å². The molecule has 0 spiro atoms. The van der Waals surface area contributed by atoms with Crippen molar-refractivity contribution in [2.24, 2.45) is 11.1 Å². The van der Waals surface area contributed by atoms with Gasteiger partial charge < -0.3 is 10.1 Å². The van der Waals surface area contributed by atoms with Crippen LogP contribution in [0.4, 0.5) is 0 Å². The van der Waals surface area contributed by atoms with E-state index in [1.165, 1.54) is 31.2 Å². The van der Waals surface area contributed by atoms with E-state index in [2.05, 4.69) is 5.32 Å². The Morgan fingerprint density at radius 2 is 1.76 bits per heavy atom. The van der Waals surface area contributed by atoms with Crippen LogP contribution in [0.25, 0.3) is 0 Å². The monoisotopic (exact) mass is 367 g/mol. The molecule has 0 aliphatic carbocycles. The standard InChI is InChI=1S/C16H21N3O5S/c1-10(2)16(4,9-17)19-14(20)11(3)24-15(21)12-5-7-13(8-6-12)25(18,22)23/h5-8,10-11H,1-4H3,(H,19,20)(H2,18,22,23). The lowest BCUT2D eigenvalue weighted by atomic mass is 9.90. The van der Waals surface area contributed by atoms with E-state index < -0.39 is 33.5 Å². The third-order valence-electron chi connectivity index (χ3n) is 3.84. The van der Waals surface area contributed by atoms with E-state index >= 15 is 0 Å². The van der Waals surface area contributed by atoms with Crippen molar-refractivity contribution < 1.29 is 22.7 Å². The molecular formula is C16H21N3O5S. The third-order valence-corrected chi connectivity index (χ3v) is 4.77. The zero-order valence-corrected chi connectivity index (χ0v) is 15.3. The van der Waals surface area contributed by atoms with Gasteiger partial charge in [0.25, 0.3) is 5.91 Å². The fourth-order valence-electron chi connectivity index (χ4n) is 1.72. The van der Waals surface area contributed by atoms with Gasteiger partial charge in [0.05, 0.1) is 16.5 Å². The Balaban J connectivity index is 2.80. The van der Waals surface area contributed by atoms with Crippen molar-refractivity contribution >= 4 is 21.9 Å². The summed E-state index contributed by atoms with van der Waals surface area (Å²) in [6.07, 6.45) is -1.13. The second kappa shape index (κ2) is 7.63. The number of amides is 1. The van der Waals surface area contributed by atoms with Crippen LogP contribution >= 0.6 is 0 Å². The summed E-state index contributed by atoms with van der Waals surface area (Å²) in [5.41, 5.74) is -1.02. The minimum absolute atomic E-state index is 0.0685. The van der Waals surface area contributed by atoms with Gasteiger partial charge in [-0.1, -0.05) is 13.8 Å². The van der Waals surface area contributed by atoms with Crippen LogP contribution < -0.4 is 10.5 Å². The van der Waals surface area contributed by atoms with Gasteiger partial charge in [-0.05, 0) is 44.0 Å². The average molecular weight is 367 g/mol. The highest BCUT2D eigenvalue weighted by atomic mass is 32.2. The van der Waals surface area contributed by atoms with Gasteiger partial charge in [-0.15, -0.1) is 0 Å². The normalized spacial score (nSPS) is 14.9. The summed E-state index contributed by atoms with van der Waals surface area (Å²) in [5, 5.41) is 16.7. The number of esters is 1. The molecule has 0 aliphatic heterocycles. The Morgan fingerprint density at radius 1 is 1.24 bits per heavy atom. The number of carbonyl (C=O) groups excluding carboxylic acids is 2. The largest absolute Gasteiger partial charge is 0.449 e. The predicted octanol–water partition coefficient (Wildman–Crippen LogP) is 0.934. The number of sulfonamides is 1. The van der Waals surface area contributed by atoms with Gasteiger partial charge in [0, 0.05) is 0 Å². The maximum Gasteiger partial charge on any atom is 0.338 e. The van der Waals surface area contributed by atoms with Crippen molar-refractivity contribution in [3.8, 4) is 6.07 Å². The van der Waals surface area contributed by atoms with Crippen LogP contribution in [-0.2, 0) is 19.6 Å². The van der Waals surface area contributed by atoms with Crippen LogP contribution in [0, 0.1) is 17.2 Å². The first-order valence-electron chi connectivity index (χ1n) is 7.48. The van der Waals surface area contributed by atoms with Crippen LogP contribution in [0.2, 0.25) is 0 Å². The Labute approximate surface area is 147 Å². The number of nitrogens with two attached hydrogens (primary N) is 1. The Hall–Kier alpha value is -2.44. The number of nitriles is 1. The van der Waals surface area contributed by atoms with E-state index in [0.717, 1.165) is 0 Å². The molecule has 0 fully saturated rings. The Bertz CT molecular complexity index is 796. The van der Waals surface area contributed by atoms with Crippen LogP contribution in [0.15, 0.2) is 29.2 Å². The number of ether oxygens (including phenoxy) is 1. The highest BCUT2D eigenvalue weighted by molar-refractivity contribution is 7.89. The Morgan fingerprint density at radius 3 is 2.16 bits per heavy atom. The second-order valence-electron chi connectivity index (χ2n) is 6.08. The number of hydrogen-bond acceptors (Lipinski definition) is 6. The zero-order chi connectivity index (χ0) is 19.4. The fourth-order valence-corrected chi connectivity index (χ4v) is 2.24. The quantitative estimate of drug-likeness (QED) is 0.717. The minimum Gasteiger partial charge on any atom is -0.449 e. The van der Waals surface area contributed by atoms with Crippen molar-refractivity contribution in [1.29, 1.82) is 5.26 Å². The average Bonchev–Trinajstić information content (AvgIpc) is 2.53. The van der Waals surface area contributed by atoms with E-state index in [1.54, 1.807) is 20.8 Å². The van der Waals surface area contributed by atoms with Gasteiger partial charge in [0.15, 0.2) is 6.10 Å². The molecule has 0 saturated carbocycles. The van der Waals surface area contributed by atoms with Gasteiger partial charge in [-0.3, -0.25) is 4.79 Å². The minimum atomic E-state index is -3.86. The molecule has 1 rings (SSSR count). The highest BCUT2D eigenvalue weighted by Crippen LogP contribution is 2.16. The summed E-state index contributed by atoms with van der Waals surface area (Å²) < 4.78 is 27.4. The van der Waals surface area contributed by atoms with E-state index in [0.29, 0.717) is 0 Å². The highest BCUT2D eigenvalue weighted by Gasteiger charge is 2.32. The molecular weight excluding hydrogens is 346 g/mol. The molecule has 136 valence electrons. The molecule has 0 saturated heterocycles. The summed E-state index contributed by atoms with van der Waals surface area (Å²) in [6.45, 7) is 6.53. The van der Waals surface area contributed by atoms with Gasteiger partial charge >= 0.3 is 5.97 Å². The molecule has 0 aliphatic rings. The number of nitrogens with zero attached hydrogens (tertiary/aromatic N) is 1. The summed E-state index contributed by atoms with van der Waals surface area (Å²) in [7, 11) is -3.86. The van der Waals surface area contributed by atoms with Crippen LogP contribution in [0.3, 0.4) is 0 Å². The molecule has 8 nitrogen and oxygen atoms in total. The maximum absolute atomic E-state index is 12.1. The van der Waals surface area contributed by atoms with Crippen LogP contribution in [0.5, 0.6) is 0 Å². The molecule has 0 heterocycles. The summed E-state index contributed by atoms with van der Waals surface area (Å²) in [5.74, 6) is -1.55. The molecule has 0 aromatic heterocycles. The van der Waals surface area contributed by atoms with Crippen molar-refractivity contribution in [2.45, 2.75) is 44.2 Å². The molecule has 0 radical (unpaired) electrons. The molecule has 0 bridgehead atoms. The van der Waals surface area contributed by atoms with E-state index in [4.69, 9.17) is 9.88 Å². The molecule has 1 aromatic rings. The zero-order valence-electron chi connectivity index (χ0n) is 14.4. The molecule has 25 heavy (non-hydrogen) atoms. The summed E-state index contributed by atoms with van der Waals surface area (Å²) in [4.78, 5) is 24.0. The SMILES string of the molecule is CC(OC(=O)c1ccc(S(N)(=O)=O)cc1)C(=O)NC(C)(C#N)C(C)C. The number of nitrogens with one attached hydrogen (secondary N) is 1. The van der Waals surface area contributed by atoms with Crippen LogP contribution in [0.1, 0.15) is 38.1 Å². The lowest BCUT2D eigenvalue weighted by Crippen LogP contribution is -2.52. The summed E-state index contributed by atoms with van der Waals surface area (Å²) >= 11 is 0. The molecule has 3 N–H and O–H groups in total. The van der Waals surface area contributed by atoms with E-state index in [9.17, 15) is 23.3 Å². The lowest BCUT2D eigenvalue weighted by molar-refractivity contribution is -0.130. The van der Waals surface area contributed by atoms with Crippen molar-refractivity contribution in [3.63, 3.8) is 0 Å². The number of hydrogen-bond donors (Lipinski definition) is 2. The van der Waals surface area contributed by atoms with Crippen LogP contribution in [-0.4, -0.2) is 31.9 Å². The first-order chi connectivity index (χ1) is 11.4. The maximum atomic E-state index is 12.1. The smallest absolute Gasteiger partial charge is 0.338 e. The second-order valence-corrected chi connectivity index (χ2v) is 7.64. The van der Waals surface area contributed by atoms with Crippen molar-refractivity contribution in [3.05, 3.63) is 29.8 Å². The van der Waals surface area contributed by atoms with Gasteiger partial charge in [0.1, 0.15) is 5.54 Å². The number of carbonyl (C=O) groups is 2. The predicted molar refractivity (Wildman–Crippen MR) is 89.7 cm³/mol.